The van der Waals surface area contributed by atoms with Crippen molar-refractivity contribution in [2.45, 2.75) is 0 Å². The van der Waals surface area contributed by atoms with Crippen LogP contribution in [0.2, 0.25) is 0 Å². The van der Waals surface area contributed by atoms with E-state index in [4.69, 9.17) is 5.73 Å². The average Bonchev–Trinajstić information content (AvgIpc) is 2.08. The molecule has 0 aliphatic heterocycles. The third-order valence-corrected chi connectivity index (χ3v) is 1.28. The maximum atomic E-state index is 12.7. The van der Waals surface area contributed by atoms with Gasteiger partial charge >= 0.3 is 5.97 Å². The SMILES string of the molecule is COC(=O)c1cc(F)c(N)cn1. The number of nitrogens with two attached hydrogens (primary N) is 1. The second-order valence-corrected chi connectivity index (χ2v) is 2.08. The van der Waals surface area contributed by atoms with Crippen LogP contribution in [0, 0.1) is 5.82 Å². The molecule has 0 bridgehead atoms. The molecule has 0 aliphatic carbocycles. The summed E-state index contributed by atoms with van der Waals surface area (Å²) < 4.78 is 17.0. The molecule has 0 aromatic carbocycles. The highest BCUT2D eigenvalue weighted by molar-refractivity contribution is 5.87. The van der Waals surface area contributed by atoms with Gasteiger partial charge in [0.25, 0.3) is 0 Å². The Bertz CT molecular complexity index is 314. The first-order valence-electron chi connectivity index (χ1n) is 3.14. The van der Waals surface area contributed by atoms with E-state index in [-0.39, 0.29) is 11.4 Å². The Labute approximate surface area is 68.2 Å². The lowest BCUT2D eigenvalue weighted by Gasteiger charge is -1.99. The van der Waals surface area contributed by atoms with Crippen LogP contribution in [0.15, 0.2) is 12.3 Å². The van der Waals surface area contributed by atoms with Crippen LogP contribution >= 0.6 is 0 Å². The van der Waals surface area contributed by atoms with E-state index in [1.165, 1.54) is 7.11 Å². The predicted molar refractivity (Wildman–Crippen MR) is 39.9 cm³/mol. The van der Waals surface area contributed by atoms with Gasteiger partial charge in [-0.1, -0.05) is 0 Å². The molecule has 0 saturated carbocycles. The summed E-state index contributed by atoms with van der Waals surface area (Å²) >= 11 is 0. The molecule has 2 N–H and O–H groups in total. The van der Waals surface area contributed by atoms with E-state index in [1.807, 2.05) is 0 Å². The summed E-state index contributed by atoms with van der Waals surface area (Å²) in [5.74, 6) is -1.36. The second kappa shape index (κ2) is 3.17. The largest absolute Gasteiger partial charge is 0.464 e. The molecule has 0 radical (unpaired) electrons. The molecule has 5 heteroatoms. The maximum Gasteiger partial charge on any atom is 0.356 e. The zero-order valence-corrected chi connectivity index (χ0v) is 6.37. The second-order valence-electron chi connectivity index (χ2n) is 2.08. The minimum atomic E-state index is -0.686. The van der Waals surface area contributed by atoms with E-state index in [9.17, 15) is 9.18 Å². The lowest BCUT2D eigenvalue weighted by atomic mass is 10.3. The fourth-order valence-electron chi connectivity index (χ4n) is 0.658. The number of pyridine rings is 1. The van der Waals surface area contributed by atoms with E-state index in [2.05, 4.69) is 9.72 Å². The Hall–Kier alpha value is -1.65. The summed E-state index contributed by atoms with van der Waals surface area (Å²) in [4.78, 5) is 14.4. The molecule has 4 nitrogen and oxygen atoms in total. The molecule has 0 spiro atoms. The van der Waals surface area contributed by atoms with Crippen LogP contribution in [-0.4, -0.2) is 18.1 Å². The molecule has 12 heavy (non-hydrogen) atoms. The van der Waals surface area contributed by atoms with Crippen molar-refractivity contribution in [3.8, 4) is 0 Å². The number of nitrogen functional groups attached to an aromatic ring is 1. The van der Waals surface area contributed by atoms with Gasteiger partial charge < -0.3 is 10.5 Å². The molecular formula is C7H7FN2O2. The first kappa shape index (κ1) is 8.45. The van der Waals surface area contributed by atoms with Crippen molar-refractivity contribution in [2.24, 2.45) is 0 Å². The predicted octanol–water partition coefficient (Wildman–Crippen LogP) is 0.590. The Kier molecular flexibility index (Phi) is 2.23. The molecule has 0 atom stereocenters. The van der Waals surface area contributed by atoms with E-state index in [0.717, 1.165) is 12.3 Å². The van der Waals surface area contributed by atoms with Crippen molar-refractivity contribution in [3.05, 3.63) is 23.8 Å². The van der Waals surface area contributed by atoms with Crippen molar-refractivity contribution in [3.63, 3.8) is 0 Å². The van der Waals surface area contributed by atoms with Crippen molar-refractivity contribution in [2.75, 3.05) is 12.8 Å². The van der Waals surface area contributed by atoms with Crippen LogP contribution in [0.4, 0.5) is 10.1 Å². The first-order valence-corrected chi connectivity index (χ1v) is 3.14. The number of nitrogens with zero attached hydrogens (tertiary/aromatic N) is 1. The van der Waals surface area contributed by atoms with Gasteiger partial charge in [-0.25, -0.2) is 14.2 Å². The highest BCUT2D eigenvalue weighted by Gasteiger charge is 2.09. The summed E-state index contributed by atoms with van der Waals surface area (Å²) in [6, 6.07) is 0.932. The molecule has 0 saturated heterocycles. The lowest BCUT2D eigenvalue weighted by Crippen LogP contribution is -2.05. The number of aromatic nitrogens is 1. The van der Waals surface area contributed by atoms with Gasteiger partial charge in [0.2, 0.25) is 0 Å². The quantitative estimate of drug-likeness (QED) is 0.626. The summed E-state index contributed by atoms with van der Waals surface area (Å²) in [6.07, 6.45) is 1.07. The summed E-state index contributed by atoms with van der Waals surface area (Å²) in [6.45, 7) is 0. The van der Waals surface area contributed by atoms with Crippen molar-refractivity contribution >= 4 is 11.7 Å². The van der Waals surface area contributed by atoms with E-state index in [1.54, 1.807) is 0 Å². The average molecular weight is 170 g/mol. The third-order valence-electron chi connectivity index (χ3n) is 1.28. The molecule has 0 amide bonds. The van der Waals surface area contributed by atoms with Crippen molar-refractivity contribution in [1.29, 1.82) is 0 Å². The van der Waals surface area contributed by atoms with Crippen LogP contribution in [0.25, 0.3) is 0 Å². The number of halogens is 1. The monoisotopic (exact) mass is 170 g/mol. The zero-order valence-electron chi connectivity index (χ0n) is 6.37. The number of rotatable bonds is 1. The number of methoxy groups -OCH3 is 1. The smallest absolute Gasteiger partial charge is 0.356 e. The zero-order chi connectivity index (χ0) is 9.14. The lowest BCUT2D eigenvalue weighted by molar-refractivity contribution is 0.0593. The molecule has 64 valence electrons. The minimum absolute atomic E-state index is 0.0933. The van der Waals surface area contributed by atoms with Crippen LogP contribution in [0.3, 0.4) is 0 Å². The summed E-state index contributed by atoms with van der Waals surface area (Å²) in [5, 5.41) is 0. The topological polar surface area (TPSA) is 65.2 Å². The first-order chi connectivity index (χ1) is 5.65. The van der Waals surface area contributed by atoms with Gasteiger partial charge in [0, 0.05) is 6.07 Å². The van der Waals surface area contributed by atoms with Crippen molar-refractivity contribution in [1.82, 2.24) is 4.98 Å². The molecule has 1 aromatic heterocycles. The Morgan fingerprint density at radius 3 is 2.92 bits per heavy atom. The summed E-state index contributed by atoms with van der Waals surface area (Å²) in [5.41, 5.74) is 4.95. The fraction of sp³-hybridized carbons (Fsp3) is 0.143. The van der Waals surface area contributed by atoms with Gasteiger partial charge in [0.15, 0.2) is 5.69 Å². The normalized spacial score (nSPS) is 9.50. The van der Waals surface area contributed by atoms with Crippen LogP contribution in [-0.2, 0) is 4.74 Å². The van der Waals surface area contributed by atoms with Crippen LogP contribution in [0.1, 0.15) is 10.5 Å². The number of carbonyl (C=O) groups is 1. The molecule has 0 fully saturated rings. The minimum Gasteiger partial charge on any atom is -0.464 e. The number of ether oxygens (including phenoxy) is 1. The van der Waals surface area contributed by atoms with Gasteiger partial charge in [-0.3, -0.25) is 0 Å². The van der Waals surface area contributed by atoms with Crippen molar-refractivity contribution < 1.29 is 13.9 Å². The number of esters is 1. The highest BCUT2D eigenvalue weighted by atomic mass is 19.1. The van der Waals surface area contributed by atoms with Gasteiger partial charge in [-0.2, -0.15) is 0 Å². The molecule has 1 heterocycles. The molecule has 0 unspecified atom stereocenters. The Morgan fingerprint density at radius 1 is 1.75 bits per heavy atom. The van der Waals surface area contributed by atoms with Gasteiger partial charge in [-0.15, -0.1) is 0 Å². The van der Waals surface area contributed by atoms with Gasteiger partial charge in [0.1, 0.15) is 5.82 Å². The third kappa shape index (κ3) is 1.50. The highest BCUT2D eigenvalue weighted by Crippen LogP contribution is 2.09. The number of hydrogen-bond donors (Lipinski definition) is 1. The number of hydrogen-bond acceptors (Lipinski definition) is 4. The number of carbonyl (C=O) groups excluding carboxylic acids is 1. The standard InChI is InChI=1S/C7H7FN2O2/c1-12-7(11)6-2-4(8)5(9)3-10-6/h2-3H,9H2,1H3. The van der Waals surface area contributed by atoms with E-state index < -0.39 is 11.8 Å². The van der Waals surface area contributed by atoms with E-state index >= 15 is 0 Å². The van der Waals surface area contributed by atoms with E-state index in [0.29, 0.717) is 0 Å². The van der Waals surface area contributed by atoms with Crippen LogP contribution in [0.5, 0.6) is 0 Å². The molecular weight excluding hydrogens is 163 g/mol. The number of anilines is 1. The maximum absolute atomic E-state index is 12.7. The molecule has 1 aromatic rings. The van der Waals surface area contributed by atoms with Crippen LogP contribution < -0.4 is 5.73 Å². The fourth-order valence-corrected chi connectivity index (χ4v) is 0.658. The van der Waals surface area contributed by atoms with Gasteiger partial charge in [0.05, 0.1) is 19.0 Å². The summed E-state index contributed by atoms with van der Waals surface area (Å²) in [7, 11) is 1.19. The Balaban J connectivity index is 3.05. The van der Waals surface area contributed by atoms with Gasteiger partial charge in [-0.05, 0) is 0 Å². The molecule has 0 aliphatic rings. The molecule has 1 rings (SSSR count). The Morgan fingerprint density at radius 2 is 2.42 bits per heavy atom.